The van der Waals surface area contributed by atoms with Crippen LogP contribution < -0.4 is 5.11 Å². The second-order valence-electron chi connectivity index (χ2n) is 1.12. The van der Waals surface area contributed by atoms with E-state index in [9.17, 15) is 9.90 Å². The number of carbonyl (C=O) groups is 1. The first-order valence-corrected chi connectivity index (χ1v) is 4.88. The first-order valence-electron chi connectivity index (χ1n) is 2.68. The molecule has 0 aromatic carbocycles. The summed E-state index contributed by atoms with van der Waals surface area (Å²) < 4.78 is 2.12. The van der Waals surface area contributed by atoms with E-state index in [4.69, 9.17) is 0 Å². The van der Waals surface area contributed by atoms with Crippen LogP contribution in [0, 0.1) is 0 Å². The number of carbonyl (C=O) groups excluding carboxylic acids is 1. The predicted molar refractivity (Wildman–Crippen MR) is 31.5 cm³/mol. The summed E-state index contributed by atoms with van der Waals surface area (Å²) in [4.78, 5) is 9.49. The topological polar surface area (TPSA) is 40.1 Å². The molecule has 0 bridgehead atoms. The van der Waals surface area contributed by atoms with E-state index in [0.29, 0.717) is 6.42 Å². The first-order chi connectivity index (χ1) is 3.77. The van der Waals surface area contributed by atoms with Crippen molar-refractivity contribution < 1.29 is 9.90 Å². The molecule has 0 amide bonds. The van der Waals surface area contributed by atoms with Crippen LogP contribution in [0.1, 0.15) is 19.8 Å². The third kappa shape index (κ3) is 15.9. The monoisotopic (exact) mass is 142 g/mol. The first kappa shape index (κ1) is 11.5. The summed E-state index contributed by atoms with van der Waals surface area (Å²) in [5.74, 6) is -0.961. The van der Waals surface area contributed by atoms with Crippen LogP contribution in [0.25, 0.3) is 0 Å². The molecule has 0 unspecified atom stereocenters. The normalized spacial score (nSPS) is 7.00. The van der Waals surface area contributed by atoms with Crippen molar-refractivity contribution in [3.05, 3.63) is 0 Å². The van der Waals surface area contributed by atoms with Gasteiger partial charge in [0.2, 0.25) is 0 Å². The maximum absolute atomic E-state index is 9.49. The zero-order valence-electron chi connectivity index (χ0n) is 5.44. The standard InChI is InChI=1S/C4H8O2.CH3.Ca/c1-2-3-4(5)6;;/h2-3H2,1H3,(H,5,6);1H3;/q;;+1/p-1. The Morgan fingerprint density at radius 1 is 1.62 bits per heavy atom. The summed E-state index contributed by atoms with van der Waals surface area (Å²) >= 11 is 1.38. The minimum absolute atomic E-state index is 0.181. The molecule has 0 aliphatic heterocycles. The summed E-state index contributed by atoms with van der Waals surface area (Å²) in [6.45, 7) is 1.80. The Bertz CT molecular complexity index is 54.4. The van der Waals surface area contributed by atoms with Gasteiger partial charge in [0.05, 0.1) is 0 Å². The fourth-order valence-corrected chi connectivity index (χ4v) is 0.204. The quantitative estimate of drug-likeness (QED) is 0.498. The van der Waals surface area contributed by atoms with E-state index < -0.39 is 5.97 Å². The van der Waals surface area contributed by atoms with Gasteiger partial charge in [-0.05, 0) is 6.42 Å². The maximum atomic E-state index is 9.49. The Labute approximate surface area is 73.9 Å². The third-order valence-electron chi connectivity index (χ3n) is 0.454. The molecule has 2 nitrogen and oxygen atoms in total. The summed E-state index contributed by atoms with van der Waals surface area (Å²) in [5.41, 5.74) is 0. The minimum atomic E-state index is -0.961. The average molecular weight is 142 g/mol. The molecule has 44 valence electrons. The molecule has 0 fully saturated rings. The van der Waals surface area contributed by atoms with Crippen LogP contribution in [0.15, 0.2) is 0 Å². The zero-order chi connectivity index (χ0) is 6.99. The van der Waals surface area contributed by atoms with Crippen LogP contribution in [0.3, 0.4) is 0 Å². The van der Waals surface area contributed by atoms with Gasteiger partial charge in [-0.2, -0.15) is 0 Å². The number of carboxylic acid groups (broad SMARTS) is 1. The van der Waals surface area contributed by atoms with Crippen molar-refractivity contribution in [1.82, 2.24) is 0 Å². The van der Waals surface area contributed by atoms with E-state index in [0.717, 1.165) is 0 Å². The summed E-state index contributed by atoms with van der Waals surface area (Å²) in [7, 11) is 0. The van der Waals surface area contributed by atoms with Gasteiger partial charge in [0.1, 0.15) is 0 Å². The molecular weight excluding hydrogens is 132 g/mol. The summed E-state index contributed by atoms with van der Waals surface area (Å²) in [6, 6.07) is 0. The van der Waals surface area contributed by atoms with Crippen molar-refractivity contribution in [3.63, 3.8) is 0 Å². The van der Waals surface area contributed by atoms with Crippen LogP contribution in [0.4, 0.5) is 0 Å². The molecule has 0 aliphatic rings. The molecule has 0 saturated carbocycles. The van der Waals surface area contributed by atoms with Gasteiger partial charge < -0.3 is 9.90 Å². The SMILES string of the molecule is CCCC(=O)[O-].[CH3][Ca+]. The van der Waals surface area contributed by atoms with Gasteiger partial charge in [0.15, 0.2) is 0 Å². The molecule has 0 aromatic rings. The number of aliphatic carboxylic acids is 1. The molecule has 0 radical (unpaired) electrons. The molecular formula is C5H10CaO2. The van der Waals surface area contributed by atoms with E-state index in [1.807, 2.05) is 0 Å². The Kier molecular flexibility index (Phi) is 15.4. The van der Waals surface area contributed by atoms with Crippen molar-refractivity contribution in [2.45, 2.75) is 22.8 Å². The number of rotatable bonds is 2. The van der Waals surface area contributed by atoms with E-state index in [-0.39, 0.29) is 6.42 Å². The van der Waals surface area contributed by atoms with Crippen LogP contribution in [-0.2, 0) is 4.79 Å². The van der Waals surface area contributed by atoms with Crippen LogP contribution in [0.2, 0.25) is 3.02 Å². The van der Waals surface area contributed by atoms with E-state index in [1.165, 1.54) is 35.8 Å². The zero-order valence-corrected chi connectivity index (χ0v) is 7.65. The van der Waals surface area contributed by atoms with Crippen molar-refractivity contribution in [2.24, 2.45) is 0 Å². The molecule has 0 spiro atoms. The second-order valence-corrected chi connectivity index (χ2v) is 1.12. The average Bonchev–Trinajstić information content (AvgIpc) is 1.72. The fourth-order valence-electron chi connectivity index (χ4n) is 0.204. The Morgan fingerprint density at radius 3 is 2.00 bits per heavy atom. The molecule has 0 aliphatic carbocycles. The Morgan fingerprint density at radius 2 is 2.00 bits per heavy atom. The van der Waals surface area contributed by atoms with Gasteiger partial charge in [-0.15, -0.1) is 0 Å². The number of hydrogen-bond donors (Lipinski definition) is 0. The van der Waals surface area contributed by atoms with Gasteiger partial charge in [0.25, 0.3) is 0 Å². The third-order valence-corrected chi connectivity index (χ3v) is 0.454. The van der Waals surface area contributed by atoms with Crippen molar-refractivity contribution in [1.29, 1.82) is 0 Å². The fraction of sp³-hybridized carbons (Fsp3) is 0.800. The van der Waals surface area contributed by atoms with Gasteiger partial charge in [0, 0.05) is 5.97 Å². The summed E-state index contributed by atoms with van der Waals surface area (Å²) in [5, 5.41) is 9.49. The van der Waals surface area contributed by atoms with Gasteiger partial charge >= 0.3 is 38.8 Å². The second kappa shape index (κ2) is 10.7. The Hall–Kier alpha value is 0.730. The number of hydrogen-bond acceptors (Lipinski definition) is 2. The van der Waals surface area contributed by atoms with Crippen LogP contribution in [-0.4, -0.2) is 41.8 Å². The van der Waals surface area contributed by atoms with Gasteiger partial charge in [-0.3, -0.25) is 0 Å². The Balaban J connectivity index is 0. The van der Waals surface area contributed by atoms with Crippen LogP contribution in [0.5, 0.6) is 0 Å². The molecule has 0 N–H and O–H groups in total. The molecule has 0 heterocycles. The van der Waals surface area contributed by atoms with E-state index >= 15 is 0 Å². The molecule has 0 rings (SSSR count). The molecule has 0 saturated heterocycles. The van der Waals surface area contributed by atoms with Gasteiger partial charge in [-0.25, -0.2) is 0 Å². The molecule has 0 aromatic heterocycles. The van der Waals surface area contributed by atoms with Crippen molar-refractivity contribution >= 4 is 41.8 Å². The van der Waals surface area contributed by atoms with E-state index in [1.54, 1.807) is 6.92 Å². The molecule has 0 atom stereocenters. The number of carboxylic acids is 1. The van der Waals surface area contributed by atoms with Crippen LogP contribution >= 0.6 is 0 Å². The molecule has 8 heavy (non-hydrogen) atoms. The van der Waals surface area contributed by atoms with Crippen molar-refractivity contribution in [3.8, 4) is 0 Å². The summed E-state index contributed by atoms with van der Waals surface area (Å²) in [6.07, 6.45) is 0.850. The van der Waals surface area contributed by atoms with Crippen molar-refractivity contribution in [2.75, 3.05) is 0 Å². The predicted octanol–water partition coefficient (Wildman–Crippen LogP) is -0.261. The molecule has 3 heteroatoms. The van der Waals surface area contributed by atoms with E-state index in [2.05, 4.69) is 3.02 Å². The van der Waals surface area contributed by atoms with Gasteiger partial charge in [-0.1, -0.05) is 13.3 Å².